The third kappa shape index (κ3) is 5.21. The van der Waals surface area contributed by atoms with Gasteiger partial charge in [0.25, 0.3) is 5.43 Å². The molecule has 0 N–H and O–H groups in total. The summed E-state index contributed by atoms with van der Waals surface area (Å²) < 4.78 is 58.6. The number of hydrogen-bond donors (Lipinski definition) is 0. The smallest absolute Gasteiger partial charge is 0.302 e. The average molecular weight is 747 g/mol. The van der Waals surface area contributed by atoms with E-state index in [1.54, 1.807) is 17.4 Å². The van der Waals surface area contributed by atoms with E-state index in [0.29, 0.717) is 33.5 Å². The van der Waals surface area contributed by atoms with E-state index in [-0.39, 0.29) is 21.8 Å². The molecule has 6 aromatic carbocycles. The molecule has 0 unspecified atom stereocenters. The van der Waals surface area contributed by atoms with Crippen molar-refractivity contribution < 1.29 is 13.2 Å². The van der Waals surface area contributed by atoms with Crippen LogP contribution in [0.3, 0.4) is 0 Å². The predicted molar refractivity (Wildman–Crippen MR) is 202 cm³/mol. The predicted octanol–water partition coefficient (Wildman–Crippen LogP) is 9.66. The maximum Gasteiger partial charge on any atom is 0.416 e. The number of fused-ring (bicyclic) bond motifs is 6. The molecule has 0 bridgehead atoms. The number of rotatable bonds is 5. The summed E-state index contributed by atoms with van der Waals surface area (Å²) in [5, 5.41) is 1.87. The summed E-state index contributed by atoms with van der Waals surface area (Å²) in [5.74, 6) is 0. The minimum absolute atomic E-state index is 0.0362. The van der Waals surface area contributed by atoms with Gasteiger partial charge < -0.3 is 4.90 Å². The minimum Gasteiger partial charge on any atom is -0.302 e. The lowest BCUT2D eigenvalue weighted by Gasteiger charge is -2.24. The van der Waals surface area contributed by atoms with Gasteiger partial charge in [-0.25, -0.2) is 4.99 Å². The van der Waals surface area contributed by atoms with E-state index < -0.39 is 22.6 Å². The Balaban J connectivity index is 1.22. The molecule has 3 aromatic heterocycles. The zero-order valence-electron chi connectivity index (χ0n) is 27.0. The number of nitrogens with zero attached hydrogens (tertiary/aromatic N) is 6. The summed E-state index contributed by atoms with van der Waals surface area (Å²) >= 11 is 3.64. The molecule has 0 atom stereocenters. The Bertz CT molecular complexity index is 2990. The van der Waals surface area contributed by atoms with Gasteiger partial charge in [0, 0.05) is 43.4 Å². The van der Waals surface area contributed by atoms with Crippen molar-refractivity contribution in [3.63, 3.8) is 0 Å². The van der Waals surface area contributed by atoms with E-state index in [1.165, 1.54) is 11.1 Å². The van der Waals surface area contributed by atoms with E-state index in [0.717, 1.165) is 67.8 Å². The highest BCUT2D eigenvalue weighted by Crippen LogP contribution is 2.45. The molecule has 0 aliphatic rings. The van der Waals surface area contributed by atoms with Gasteiger partial charge in [0.05, 0.1) is 34.7 Å². The highest BCUT2D eigenvalue weighted by atomic mass is 32.1. The summed E-state index contributed by atoms with van der Waals surface area (Å²) in [6, 6.07) is 27.3. The molecule has 0 spiro atoms. The van der Waals surface area contributed by atoms with Crippen molar-refractivity contribution in [2.24, 2.45) is 4.99 Å². The van der Waals surface area contributed by atoms with Gasteiger partial charge in [-0.05, 0) is 74.5 Å². The van der Waals surface area contributed by atoms with Crippen molar-refractivity contribution in [3.8, 4) is 10.4 Å². The highest BCUT2D eigenvalue weighted by Gasteiger charge is 2.31. The Labute approximate surface area is 303 Å². The standard InChI is InChI=1S/C38H21F3N6O2S3/c1-18-3-8-21(9-4-18)47(22-10-5-19(2)6-11-22)30-14-13-29(50-30)27-16-24-25(31-33(27)45-51-43-31)17-28(35-32(24)44-52-46-35)42-34-23-12-7-20(38(39,40)41)15-26(23)36(48)37(34)49/h3-17H,1-2H3. The van der Waals surface area contributed by atoms with Crippen LogP contribution in [0.4, 0.5) is 35.2 Å². The third-order valence-electron chi connectivity index (χ3n) is 9.01. The molecule has 0 saturated carbocycles. The van der Waals surface area contributed by atoms with Crippen LogP contribution >= 0.6 is 34.8 Å². The van der Waals surface area contributed by atoms with Crippen molar-refractivity contribution in [2.45, 2.75) is 20.0 Å². The van der Waals surface area contributed by atoms with E-state index in [4.69, 9.17) is 0 Å². The second-order valence-corrected chi connectivity index (χ2v) is 14.5. The molecule has 0 amide bonds. The maximum atomic E-state index is 13.4. The van der Waals surface area contributed by atoms with Crippen molar-refractivity contribution in [3.05, 3.63) is 133 Å². The van der Waals surface area contributed by atoms with Crippen molar-refractivity contribution in [1.29, 1.82) is 0 Å². The van der Waals surface area contributed by atoms with Crippen LogP contribution in [0.1, 0.15) is 16.7 Å². The third-order valence-corrected chi connectivity index (χ3v) is 11.2. The lowest BCUT2D eigenvalue weighted by atomic mass is 10.0. The van der Waals surface area contributed by atoms with Gasteiger partial charge in [-0.3, -0.25) is 9.59 Å². The SMILES string of the molecule is Cc1ccc(N(c2ccc(C)cc2)c2ccc(-c3cc4c(cc(N=c5c(=O)c(=O)c6cc(C(F)(F)F)ccc56)c5nsnc54)c4nsnc34)s2)cc1. The van der Waals surface area contributed by atoms with E-state index in [1.807, 2.05) is 6.07 Å². The average Bonchev–Trinajstić information content (AvgIpc) is 3.95. The minimum atomic E-state index is -4.67. The van der Waals surface area contributed by atoms with Crippen LogP contribution in [-0.4, -0.2) is 17.5 Å². The molecule has 3 heterocycles. The largest absolute Gasteiger partial charge is 0.416 e. The van der Waals surface area contributed by atoms with Gasteiger partial charge in [-0.2, -0.15) is 30.7 Å². The quantitative estimate of drug-likeness (QED) is 0.162. The molecular weight excluding hydrogens is 726 g/mol. The van der Waals surface area contributed by atoms with Crippen LogP contribution in [0.25, 0.3) is 54.1 Å². The van der Waals surface area contributed by atoms with Crippen LogP contribution in [0.5, 0.6) is 0 Å². The topological polar surface area (TPSA) is 101 Å². The van der Waals surface area contributed by atoms with E-state index in [2.05, 4.69) is 102 Å². The van der Waals surface area contributed by atoms with Crippen LogP contribution in [0.2, 0.25) is 0 Å². The number of hydrogen-bond acceptors (Lipinski definition) is 11. The lowest BCUT2D eigenvalue weighted by Crippen LogP contribution is -2.30. The summed E-state index contributed by atoms with van der Waals surface area (Å²) in [6.45, 7) is 4.12. The van der Waals surface area contributed by atoms with Crippen molar-refractivity contribution in [1.82, 2.24) is 17.5 Å². The molecule has 0 aliphatic carbocycles. The Morgan fingerprint density at radius 3 is 1.87 bits per heavy atom. The number of aryl methyl sites for hydroxylation is 2. The first-order valence-corrected chi connectivity index (χ1v) is 18.1. The number of aromatic nitrogens is 4. The first-order chi connectivity index (χ1) is 25.0. The van der Waals surface area contributed by atoms with E-state index in [9.17, 15) is 22.8 Å². The number of anilines is 3. The van der Waals surface area contributed by atoms with Gasteiger partial charge in [-0.1, -0.05) is 41.5 Å². The zero-order chi connectivity index (χ0) is 35.9. The van der Waals surface area contributed by atoms with Gasteiger partial charge in [-0.15, -0.1) is 11.3 Å². The molecule has 8 nitrogen and oxygen atoms in total. The maximum absolute atomic E-state index is 13.4. The summed E-state index contributed by atoms with van der Waals surface area (Å²) in [5.41, 5.74) is 4.61. The van der Waals surface area contributed by atoms with Gasteiger partial charge in [0.2, 0.25) is 5.43 Å². The molecule has 0 radical (unpaired) electrons. The number of benzene rings is 5. The molecule has 9 aromatic rings. The fourth-order valence-electron chi connectivity index (χ4n) is 6.40. The Hall–Kier alpha value is -5.70. The summed E-state index contributed by atoms with van der Waals surface area (Å²) in [6.07, 6.45) is -4.67. The second kappa shape index (κ2) is 11.9. The Kier molecular flexibility index (Phi) is 7.40. The Morgan fingerprint density at radius 1 is 0.615 bits per heavy atom. The zero-order valence-corrected chi connectivity index (χ0v) is 29.5. The van der Waals surface area contributed by atoms with Gasteiger partial charge >= 0.3 is 6.18 Å². The second-order valence-electron chi connectivity index (χ2n) is 12.4. The van der Waals surface area contributed by atoms with Crippen LogP contribution < -0.4 is 21.1 Å². The number of alkyl halides is 3. The van der Waals surface area contributed by atoms with E-state index >= 15 is 0 Å². The normalized spacial score (nSPS) is 12.6. The fraction of sp³-hybridized carbons (Fsp3) is 0.0789. The van der Waals surface area contributed by atoms with Crippen molar-refractivity contribution >= 4 is 100 Å². The Morgan fingerprint density at radius 2 is 1.21 bits per heavy atom. The molecular formula is C38H21F3N6O2S3. The molecule has 254 valence electrons. The molecule has 0 aliphatic heterocycles. The number of thiophene rings is 1. The monoisotopic (exact) mass is 746 g/mol. The van der Waals surface area contributed by atoms with Crippen LogP contribution in [0, 0.1) is 13.8 Å². The molecule has 9 rings (SSSR count). The first-order valence-electron chi connectivity index (χ1n) is 15.8. The highest BCUT2D eigenvalue weighted by molar-refractivity contribution is 7.19. The molecule has 14 heteroatoms. The fourth-order valence-corrected chi connectivity index (χ4v) is 8.60. The van der Waals surface area contributed by atoms with Crippen LogP contribution in [0.15, 0.2) is 106 Å². The first kappa shape index (κ1) is 32.2. The van der Waals surface area contributed by atoms with Crippen LogP contribution in [-0.2, 0) is 6.18 Å². The molecule has 52 heavy (non-hydrogen) atoms. The lowest BCUT2D eigenvalue weighted by molar-refractivity contribution is -0.137. The summed E-state index contributed by atoms with van der Waals surface area (Å²) in [4.78, 5) is 33.6. The number of halogens is 3. The van der Waals surface area contributed by atoms with Gasteiger partial charge in [0.1, 0.15) is 32.4 Å². The van der Waals surface area contributed by atoms with Crippen molar-refractivity contribution in [2.75, 3.05) is 4.90 Å². The summed E-state index contributed by atoms with van der Waals surface area (Å²) in [7, 11) is 0. The van der Waals surface area contributed by atoms with Gasteiger partial charge in [0.15, 0.2) is 0 Å². The molecule has 0 fully saturated rings. The molecule has 0 saturated heterocycles.